The van der Waals surface area contributed by atoms with E-state index in [2.05, 4.69) is 4.99 Å². The minimum atomic E-state index is 0. The van der Waals surface area contributed by atoms with Crippen molar-refractivity contribution in [1.82, 2.24) is 0 Å². The highest BCUT2D eigenvalue weighted by atomic mass is 35.5. The highest BCUT2D eigenvalue weighted by Crippen LogP contribution is 2.18. The molecule has 0 aliphatic heterocycles. The molecule has 0 aromatic heterocycles. The van der Waals surface area contributed by atoms with Crippen LogP contribution in [0.15, 0.2) is 29.3 Å². The van der Waals surface area contributed by atoms with Crippen molar-refractivity contribution in [1.29, 1.82) is 0 Å². The molecular weight excluding hydrogens is 190 g/mol. The lowest BCUT2D eigenvalue weighted by Gasteiger charge is -1.99. The Hall–Kier alpha value is -1.42. The van der Waals surface area contributed by atoms with E-state index < -0.39 is 0 Å². The molecule has 0 amide bonds. The molecule has 0 aliphatic rings. The number of benzene rings is 1. The summed E-state index contributed by atoms with van der Waals surface area (Å²) in [6.45, 7) is 0. The van der Waals surface area contributed by atoms with E-state index in [1.54, 1.807) is 19.2 Å². The summed E-state index contributed by atoms with van der Waals surface area (Å²) in [6, 6.07) is 7.19. The van der Waals surface area contributed by atoms with Crippen molar-refractivity contribution >= 4 is 11.6 Å². The van der Waals surface area contributed by atoms with Crippen LogP contribution < -0.4 is 28.6 Å². The Morgan fingerprint density at radius 1 is 1.38 bits per heavy atom. The molecule has 0 atom stereocenters. The van der Waals surface area contributed by atoms with Gasteiger partial charge in [0.25, 0.3) is 0 Å². The van der Waals surface area contributed by atoms with Crippen molar-refractivity contribution in [3.63, 3.8) is 0 Å². The molecule has 0 fully saturated rings. The second kappa shape index (κ2) is 5.27. The van der Waals surface area contributed by atoms with Gasteiger partial charge in [-0.05, 0) is 12.1 Å². The number of aliphatic imine (C=N–C) groups is 1. The van der Waals surface area contributed by atoms with E-state index in [0.29, 0.717) is 5.69 Å². The maximum absolute atomic E-state index is 5.20. The Kier molecular flexibility index (Phi) is 4.69. The van der Waals surface area contributed by atoms with Crippen LogP contribution in [0.1, 0.15) is 0 Å². The molecule has 0 heterocycles. The Balaban J connectivity index is 0.00000144. The maximum Gasteiger partial charge on any atom is 0.191 e. The predicted octanol–water partition coefficient (Wildman–Crippen LogP) is -2.40. The molecule has 1 rings (SSSR count). The van der Waals surface area contributed by atoms with Crippen LogP contribution >= 0.6 is 0 Å². The summed E-state index contributed by atoms with van der Waals surface area (Å²) in [7, 11) is 1.59. The normalized spacial score (nSPS) is 8.38. The fourth-order valence-electron chi connectivity index (χ4n) is 0.829. The Labute approximate surface area is 83.0 Å². The first-order valence-corrected chi connectivity index (χ1v) is 3.46. The van der Waals surface area contributed by atoms with E-state index >= 15 is 0 Å². The lowest BCUT2D eigenvalue weighted by molar-refractivity contribution is -0.00000317. The van der Waals surface area contributed by atoms with Gasteiger partial charge in [-0.1, -0.05) is 6.07 Å². The summed E-state index contributed by atoms with van der Waals surface area (Å²) in [4.78, 5) is 3.86. The summed E-state index contributed by atoms with van der Waals surface area (Å²) in [5.74, 6) is 0.778. The summed E-state index contributed by atoms with van der Waals surface area (Å²) >= 11 is 0. The molecule has 0 unspecified atom stereocenters. The van der Waals surface area contributed by atoms with Crippen molar-refractivity contribution in [3.8, 4) is 5.75 Å². The highest BCUT2D eigenvalue weighted by molar-refractivity contribution is 5.79. The zero-order valence-corrected chi connectivity index (χ0v) is 7.95. The van der Waals surface area contributed by atoms with Gasteiger partial charge in [-0.25, -0.2) is 4.99 Å². The van der Waals surface area contributed by atoms with Crippen LogP contribution in [0.5, 0.6) is 5.75 Å². The molecule has 1 aromatic rings. The first kappa shape index (κ1) is 11.6. The van der Waals surface area contributed by atoms with Gasteiger partial charge in [0.15, 0.2) is 5.96 Å². The van der Waals surface area contributed by atoms with Gasteiger partial charge in [-0.15, -0.1) is 0 Å². The van der Waals surface area contributed by atoms with Gasteiger partial charge < -0.3 is 28.6 Å². The number of ether oxygens (including phenoxy) is 1. The average Bonchev–Trinajstić information content (AvgIpc) is 2.03. The second-order valence-electron chi connectivity index (χ2n) is 2.24. The van der Waals surface area contributed by atoms with Crippen LogP contribution in [0.2, 0.25) is 0 Å². The number of methoxy groups -OCH3 is 1. The quantitative estimate of drug-likeness (QED) is 0.413. The second-order valence-corrected chi connectivity index (χ2v) is 2.24. The fourth-order valence-corrected chi connectivity index (χ4v) is 0.829. The van der Waals surface area contributed by atoms with Gasteiger partial charge in [0.1, 0.15) is 5.75 Å². The minimum absolute atomic E-state index is 0. The zero-order chi connectivity index (χ0) is 8.97. The van der Waals surface area contributed by atoms with Crippen molar-refractivity contribution in [2.75, 3.05) is 7.11 Å². The molecular formula is C8H11ClN3O-. The smallest absolute Gasteiger partial charge is 0.191 e. The largest absolute Gasteiger partial charge is 1.00 e. The number of hydrogen-bond acceptors (Lipinski definition) is 2. The third kappa shape index (κ3) is 3.66. The minimum Gasteiger partial charge on any atom is -1.00 e. The molecule has 1 aromatic carbocycles. The summed E-state index contributed by atoms with van der Waals surface area (Å²) in [6.07, 6.45) is 0. The predicted molar refractivity (Wildman–Crippen MR) is 48.5 cm³/mol. The molecule has 4 nitrogen and oxygen atoms in total. The van der Waals surface area contributed by atoms with Gasteiger partial charge in [0.05, 0.1) is 12.8 Å². The zero-order valence-electron chi connectivity index (χ0n) is 7.20. The van der Waals surface area contributed by atoms with Crippen molar-refractivity contribution in [2.45, 2.75) is 0 Å². The van der Waals surface area contributed by atoms with Crippen LogP contribution in [0.25, 0.3) is 0 Å². The van der Waals surface area contributed by atoms with E-state index in [1.165, 1.54) is 0 Å². The first-order valence-electron chi connectivity index (χ1n) is 3.46. The highest BCUT2D eigenvalue weighted by Gasteiger charge is 1.92. The molecule has 0 saturated carbocycles. The number of nitrogens with zero attached hydrogens (tertiary/aromatic N) is 1. The lowest BCUT2D eigenvalue weighted by atomic mass is 10.3. The number of rotatable bonds is 2. The Morgan fingerprint density at radius 3 is 2.62 bits per heavy atom. The van der Waals surface area contributed by atoms with Crippen LogP contribution in [0.3, 0.4) is 0 Å². The third-order valence-electron chi connectivity index (χ3n) is 1.31. The molecule has 5 heteroatoms. The van der Waals surface area contributed by atoms with E-state index in [-0.39, 0.29) is 18.4 Å². The molecule has 0 saturated heterocycles. The number of halogens is 1. The van der Waals surface area contributed by atoms with Gasteiger partial charge in [-0.2, -0.15) is 0 Å². The monoisotopic (exact) mass is 200 g/mol. The molecule has 0 bridgehead atoms. The van der Waals surface area contributed by atoms with Crippen LogP contribution in [0, 0.1) is 0 Å². The summed E-state index contributed by atoms with van der Waals surface area (Å²) < 4.78 is 4.99. The van der Waals surface area contributed by atoms with Crippen LogP contribution in [-0.2, 0) is 0 Å². The van der Waals surface area contributed by atoms with Gasteiger partial charge in [-0.3, -0.25) is 0 Å². The summed E-state index contributed by atoms with van der Waals surface area (Å²) in [5, 5.41) is 0. The summed E-state index contributed by atoms with van der Waals surface area (Å²) in [5.41, 5.74) is 11.1. The fraction of sp³-hybridized carbons (Fsp3) is 0.125. The molecule has 0 spiro atoms. The molecule has 13 heavy (non-hydrogen) atoms. The van der Waals surface area contributed by atoms with Crippen LogP contribution in [0.4, 0.5) is 5.69 Å². The van der Waals surface area contributed by atoms with Crippen LogP contribution in [-0.4, -0.2) is 13.1 Å². The van der Waals surface area contributed by atoms with Crippen molar-refractivity contribution < 1.29 is 17.1 Å². The van der Waals surface area contributed by atoms with Gasteiger partial charge in [0, 0.05) is 6.07 Å². The van der Waals surface area contributed by atoms with E-state index in [9.17, 15) is 0 Å². The number of nitrogens with two attached hydrogens (primary N) is 2. The molecule has 4 N–H and O–H groups in total. The van der Waals surface area contributed by atoms with E-state index in [0.717, 1.165) is 5.75 Å². The van der Waals surface area contributed by atoms with E-state index in [4.69, 9.17) is 16.2 Å². The molecule has 0 aliphatic carbocycles. The average molecular weight is 201 g/mol. The van der Waals surface area contributed by atoms with Crippen molar-refractivity contribution in [2.24, 2.45) is 16.5 Å². The Morgan fingerprint density at radius 2 is 2.08 bits per heavy atom. The topological polar surface area (TPSA) is 73.6 Å². The first-order chi connectivity index (χ1) is 5.72. The Bertz CT molecular complexity index is 297. The SMILES string of the molecule is COc1cccc(N=C(N)N)c1.[Cl-]. The number of hydrogen-bond donors (Lipinski definition) is 2. The molecule has 0 radical (unpaired) electrons. The third-order valence-corrected chi connectivity index (χ3v) is 1.31. The van der Waals surface area contributed by atoms with E-state index in [1.807, 2.05) is 12.1 Å². The molecule has 72 valence electrons. The van der Waals surface area contributed by atoms with Crippen molar-refractivity contribution in [3.05, 3.63) is 24.3 Å². The lowest BCUT2D eigenvalue weighted by Crippen LogP contribution is -3.00. The standard InChI is InChI=1S/C8H11N3O.ClH/c1-12-7-4-2-3-6(5-7)11-8(9)10;/h2-5H,1H3,(H4,9,10,11);1H/p-1. The maximum atomic E-state index is 5.20. The van der Waals surface area contributed by atoms with Gasteiger partial charge in [0.2, 0.25) is 0 Å². The number of guanidine groups is 1. The van der Waals surface area contributed by atoms with Gasteiger partial charge >= 0.3 is 0 Å².